The number of carbonyl (C=O) groups excluding carboxylic acids is 1. The van der Waals surface area contributed by atoms with Crippen LogP contribution < -0.4 is 10.1 Å². The zero-order chi connectivity index (χ0) is 22.3. The van der Waals surface area contributed by atoms with Gasteiger partial charge in [-0.05, 0) is 42.8 Å². The van der Waals surface area contributed by atoms with E-state index in [2.05, 4.69) is 20.0 Å². The molecule has 4 rings (SSSR count). The summed E-state index contributed by atoms with van der Waals surface area (Å²) in [6, 6.07) is 8.01. The number of hydrogen-bond acceptors (Lipinski definition) is 5. The number of aryl methyl sites for hydroxylation is 1. The van der Waals surface area contributed by atoms with Gasteiger partial charge in [-0.25, -0.2) is 13.8 Å². The van der Waals surface area contributed by atoms with Crippen LogP contribution in [0.2, 0.25) is 0 Å². The molecule has 158 valence electrons. The average Bonchev–Trinajstić information content (AvgIpc) is 3.19. The molecule has 1 amide bonds. The second-order valence-corrected chi connectivity index (χ2v) is 6.49. The van der Waals surface area contributed by atoms with E-state index in [1.165, 1.54) is 6.07 Å². The summed E-state index contributed by atoms with van der Waals surface area (Å²) in [6.45, 7) is 1.61. The average molecular weight is 431 g/mol. The molecule has 6 nitrogen and oxygen atoms in total. The Hall–Kier alpha value is -3.95. The van der Waals surface area contributed by atoms with Crippen molar-refractivity contribution < 1.29 is 31.5 Å². The molecular weight excluding hydrogens is 418 g/mol. The van der Waals surface area contributed by atoms with Crippen LogP contribution in [0.5, 0.6) is 5.75 Å². The number of carbonyl (C=O) groups is 1. The molecule has 1 N–H and O–H groups in total. The summed E-state index contributed by atoms with van der Waals surface area (Å²) in [7, 11) is 0.845. The van der Waals surface area contributed by atoms with Crippen molar-refractivity contribution in [2.24, 2.45) is 0 Å². The van der Waals surface area contributed by atoms with Gasteiger partial charge in [0.25, 0.3) is 5.91 Å². The molecule has 0 aliphatic carbocycles. The smallest absolute Gasteiger partial charge is 0.261 e. The SMILES string of the molecule is COc1c(F)c(F)c(C(=O)Nc2ccc(-c3nc4ncccc4o3)cc2C)c(F)c1F. The number of ether oxygens (including phenoxy) is 1. The van der Waals surface area contributed by atoms with Crippen LogP contribution in [-0.2, 0) is 0 Å². The Morgan fingerprint density at radius 2 is 1.77 bits per heavy atom. The highest BCUT2D eigenvalue weighted by atomic mass is 19.2. The molecule has 4 aromatic rings. The summed E-state index contributed by atoms with van der Waals surface area (Å²) in [4.78, 5) is 20.7. The van der Waals surface area contributed by atoms with Crippen LogP contribution >= 0.6 is 0 Å². The fourth-order valence-corrected chi connectivity index (χ4v) is 3.00. The number of methoxy groups -OCH3 is 1. The van der Waals surface area contributed by atoms with Crippen LogP contribution in [-0.4, -0.2) is 23.0 Å². The van der Waals surface area contributed by atoms with E-state index >= 15 is 0 Å². The molecule has 31 heavy (non-hydrogen) atoms. The fraction of sp³-hybridized carbons (Fsp3) is 0.0952. The molecule has 0 radical (unpaired) electrons. The Morgan fingerprint density at radius 3 is 2.39 bits per heavy atom. The van der Waals surface area contributed by atoms with Gasteiger partial charge in [-0.15, -0.1) is 0 Å². The Labute approximate surface area is 172 Å². The number of benzene rings is 2. The van der Waals surface area contributed by atoms with E-state index in [4.69, 9.17) is 4.42 Å². The van der Waals surface area contributed by atoms with Gasteiger partial charge in [-0.3, -0.25) is 4.79 Å². The number of hydrogen-bond donors (Lipinski definition) is 1. The summed E-state index contributed by atoms with van der Waals surface area (Å²) in [5.74, 6) is -9.65. The number of rotatable bonds is 4. The highest BCUT2D eigenvalue weighted by Crippen LogP contribution is 2.31. The van der Waals surface area contributed by atoms with Gasteiger partial charge < -0.3 is 14.5 Å². The van der Waals surface area contributed by atoms with Crippen molar-refractivity contribution in [3.05, 3.63) is 70.9 Å². The number of nitrogens with one attached hydrogen (secondary N) is 1. The molecule has 0 bridgehead atoms. The van der Waals surface area contributed by atoms with Crippen molar-refractivity contribution in [1.82, 2.24) is 9.97 Å². The number of fused-ring (bicyclic) bond motifs is 1. The Kier molecular flexibility index (Phi) is 5.05. The molecule has 0 fully saturated rings. The van der Waals surface area contributed by atoms with E-state index < -0.39 is 40.5 Å². The van der Waals surface area contributed by atoms with Crippen LogP contribution in [0.25, 0.3) is 22.7 Å². The largest absolute Gasteiger partial charge is 0.491 e. The minimum Gasteiger partial charge on any atom is -0.491 e. The predicted molar refractivity (Wildman–Crippen MR) is 103 cm³/mol. The van der Waals surface area contributed by atoms with Crippen molar-refractivity contribution >= 4 is 22.8 Å². The van der Waals surface area contributed by atoms with Gasteiger partial charge >= 0.3 is 0 Å². The van der Waals surface area contributed by atoms with E-state index in [0.717, 1.165) is 7.11 Å². The normalized spacial score (nSPS) is 11.0. The molecule has 0 aliphatic rings. The van der Waals surface area contributed by atoms with Gasteiger partial charge in [-0.1, -0.05) is 0 Å². The monoisotopic (exact) mass is 431 g/mol. The van der Waals surface area contributed by atoms with Crippen LogP contribution in [0, 0.1) is 30.2 Å². The van der Waals surface area contributed by atoms with Crippen LogP contribution in [0.4, 0.5) is 23.2 Å². The van der Waals surface area contributed by atoms with Gasteiger partial charge in [-0.2, -0.15) is 13.8 Å². The van der Waals surface area contributed by atoms with Gasteiger partial charge in [0.2, 0.25) is 17.5 Å². The van der Waals surface area contributed by atoms with E-state index in [1.54, 1.807) is 37.4 Å². The first-order valence-corrected chi connectivity index (χ1v) is 8.85. The molecule has 2 aromatic carbocycles. The summed E-state index contributed by atoms with van der Waals surface area (Å²) in [5.41, 5.74) is 0.718. The van der Waals surface area contributed by atoms with E-state index in [1.807, 2.05) is 0 Å². The first kappa shape index (κ1) is 20.3. The molecule has 0 spiro atoms. The minimum absolute atomic E-state index is 0.165. The lowest BCUT2D eigenvalue weighted by Gasteiger charge is -2.13. The molecule has 2 heterocycles. The molecular formula is C21H13F4N3O3. The first-order valence-electron chi connectivity index (χ1n) is 8.85. The van der Waals surface area contributed by atoms with E-state index in [-0.39, 0.29) is 11.6 Å². The van der Waals surface area contributed by atoms with Gasteiger partial charge in [0.1, 0.15) is 5.56 Å². The summed E-state index contributed by atoms with van der Waals surface area (Å²) < 4.78 is 66.1. The maximum absolute atomic E-state index is 14.2. The third-order valence-electron chi connectivity index (χ3n) is 4.54. The zero-order valence-electron chi connectivity index (χ0n) is 16.1. The summed E-state index contributed by atoms with van der Waals surface area (Å²) in [6.07, 6.45) is 1.57. The fourth-order valence-electron chi connectivity index (χ4n) is 3.00. The maximum Gasteiger partial charge on any atom is 0.261 e. The van der Waals surface area contributed by atoms with E-state index in [0.29, 0.717) is 22.4 Å². The van der Waals surface area contributed by atoms with Crippen molar-refractivity contribution in [2.75, 3.05) is 12.4 Å². The number of halogens is 4. The number of amides is 1. The summed E-state index contributed by atoms with van der Waals surface area (Å²) in [5, 5.41) is 2.25. The standard InChI is InChI=1S/C21H13F4N3O3/c1-9-8-10(21-28-19-12(31-21)4-3-7-26-19)5-6-11(9)27-20(29)13-14(22)16(24)18(30-2)17(25)15(13)23/h3-8H,1-2H3,(H,27,29). The first-order chi connectivity index (χ1) is 14.8. The maximum atomic E-state index is 14.2. The second kappa shape index (κ2) is 7.71. The molecule has 0 aliphatic heterocycles. The minimum atomic E-state index is -1.86. The number of oxazole rings is 1. The summed E-state index contributed by atoms with van der Waals surface area (Å²) >= 11 is 0. The zero-order valence-corrected chi connectivity index (χ0v) is 16.1. The number of anilines is 1. The Balaban J connectivity index is 1.65. The van der Waals surface area contributed by atoms with Crippen molar-refractivity contribution in [3.63, 3.8) is 0 Å². The molecule has 0 unspecified atom stereocenters. The van der Waals surface area contributed by atoms with Gasteiger partial charge in [0.15, 0.2) is 28.6 Å². The molecule has 2 aromatic heterocycles. The highest BCUT2D eigenvalue weighted by Gasteiger charge is 2.30. The second-order valence-electron chi connectivity index (χ2n) is 6.49. The van der Waals surface area contributed by atoms with Gasteiger partial charge in [0, 0.05) is 17.4 Å². The predicted octanol–water partition coefficient (Wildman–Crippen LogP) is 5.02. The van der Waals surface area contributed by atoms with Crippen molar-refractivity contribution in [2.45, 2.75) is 6.92 Å². The molecule has 0 atom stereocenters. The number of nitrogens with zero attached hydrogens (tertiary/aromatic N) is 2. The highest BCUT2D eigenvalue weighted by molar-refractivity contribution is 6.05. The van der Waals surface area contributed by atoms with Crippen molar-refractivity contribution in [1.29, 1.82) is 0 Å². The third kappa shape index (κ3) is 3.45. The van der Waals surface area contributed by atoms with E-state index in [9.17, 15) is 22.4 Å². The molecule has 0 saturated heterocycles. The Bertz CT molecular complexity index is 1280. The lowest BCUT2D eigenvalue weighted by atomic mass is 10.1. The van der Waals surface area contributed by atoms with Crippen LogP contribution in [0.3, 0.4) is 0 Å². The topological polar surface area (TPSA) is 77.2 Å². The molecule has 0 saturated carbocycles. The molecule has 10 heteroatoms. The Morgan fingerprint density at radius 1 is 1.06 bits per heavy atom. The van der Waals surface area contributed by atoms with Gasteiger partial charge in [0.05, 0.1) is 7.11 Å². The van der Waals surface area contributed by atoms with Crippen LogP contribution in [0.15, 0.2) is 40.9 Å². The lowest BCUT2D eigenvalue weighted by molar-refractivity contribution is 0.101. The lowest BCUT2D eigenvalue weighted by Crippen LogP contribution is -2.19. The number of aromatic nitrogens is 2. The number of pyridine rings is 1. The third-order valence-corrected chi connectivity index (χ3v) is 4.54. The van der Waals surface area contributed by atoms with Crippen LogP contribution in [0.1, 0.15) is 15.9 Å². The van der Waals surface area contributed by atoms with Crippen molar-refractivity contribution in [3.8, 4) is 17.2 Å². The quantitative estimate of drug-likeness (QED) is 0.363.